The summed E-state index contributed by atoms with van der Waals surface area (Å²) in [4.78, 5) is 50.7. The monoisotopic (exact) mass is 284 g/mol. The molecular weight excluding hydrogens is 270 g/mol. The van der Waals surface area contributed by atoms with Crippen LogP contribution in [0.5, 0.6) is 0 Å². The summed E-state index contributed by atoms with van der Waals surface area (Å²) in [6.07, 6.45) is -0.528. The highest BCUT2D eigenvalue weighted by Crippen LogP contribution is 2.14. The minimum absolute atomic E-state index is 0.731. The number of nitrogens with zero attached hydrogens (tertiary/aromatic N) is 3. The number of carbonyl (C=O) groups excluding carboxylic acids is 4. The zero-order chi connectivity index (χ0) is 15.6. The van der Waals surface area contributed by atoms with Crippen LogP contribution < -0.4 is 5.11 Å². The van der Waals surface area contributed by atoms with Crippen molar-refractivity contribution in [1.29, 1.82) is 0 Å². The van der Waals surface area contributed by atoms with Crippen molar-refractivity contribution >= 4 is 30.0 Å². The predicted molar refractivity (Wildman–Crippen MR) is 63.4 cm³/mol. The molecule has 0 radical (unpaired) electrons. The van der Waals surface area contributed by atoms with Crippen LogP contribution in [-0.4, -0.2) is 71.2 Å². The molecule has 0 aliphatic carbocycles. The Morgan fingerprint density at radius 2 is 1.75 bits per heavy atom. The third-order valence-corrected chi connectivity index (χ3v) is 2.86. The maximum Gasteiger partial charge on any atom is 0.332 e. The van der Waals surface area contributed by atoms with Gasteiger partial charge < -0.3 is 15.0 Å². The lowest BCUT2D eigenvalue weighted by atomic mass is 10.1. The van der Waals surface area contributed by atoms with E-state index >= 15 is 0 Å². The molecule has 1 rings (SSSR count). The second-order valence-corrected chi connectivity index (χ2v) is 4.36. The molecule has 1 saturated heterocycles. The molecule has 0 aromatic heterocycles. The van der Waals surface area contributed by atoms with Crippen molar-refractivity contribution in [3.8, 4) is 0 Å². The number of hydrogen-bond donors (Lipinski definition) is 1. The summed E-state index contributed by atoms with van der Waals surface area (Å²) < 4.78 is 0. The second kappa shape index (κ2) is 5.78. The largest absolute Gasteiger partial charge is 0.548 e. The first kappa shape index (κ1) is 15.8. The van der Waals surface area contributed by atoms with E-state index in [1.165, 1.54) is 21.0 Å². The number of barbiturate groups is 1. The van der Waals surface area contributed by atoms with Gasteiger partial charge in [0, 0.05) is 20.3 Å². The van der Waals surface area contributed by atoms with Gasteiger partial charge in [0.25, 0.3) is 0 Å². The van der Waals surface area contributed by atoms with Gasteiger partial charge in [-0.2, -0.15) is 0 Å². The fourth-order valence-corrected chi connectivity index (χ4v) is 1.63. The van der Waals surface area contributed by atoms with E-state index in [1.54, 1.807) is 0 Å². The first-order valence-electron chi connectivity index (χ1n) is 5.69. The fraction of sp³-hybridized carbons (Fsp3) is 0.545. The number of aliphatic hydroxyl groups is 1. The molecule has 0 unspecified atom stereocenters. The van der Waals surface area contributed by atoms with Gasteiger partial charge in [0.2, 0.25) is 11.8 Å². The molecule has 9 heteroatoms. The van der Waals surface area contributed by atoms with Crippen molar-refractivity contribution in [3.05, 3.63) is 0 Å². The smallest absolute Gasteiger partial charge is 0.332 e. The molecule has 2 atom stereocenters. The van der Waals surface area contributed by atoms with Gasteiger partial charge in [0.05, 0.1) is 12.1 Å². The Bertz CT molecular complexity index is 463. The van der Waals surface area contributed by atoms with Crippen molar-refractivity contribution in [2.45, 2.75) is 19.1 Å². The van der Waals surface area contributed by atoms with E-state index in [0.717, 1.165) is 16.0 Å². The van der Waals surface area contributed by atoms with Crippen LogP contribution in [0.4, 0.5) is 4.79 Å². The Labute approximate surface area is 114 Å². The fourth-order valence-electron chi connectivity index (χ4n) is 1.63. The maximum atomic E-state index is 11.8. The quantitative estimate of drug-likeness (QED) is 0.439. The second-order valence-electron chi connectivity index (χ2n) is 4.36. The number of carboxylic acids is 1. The van der Waals surface area contributed by atoms with Gasteiger partial charge in [-0.1, -0.05) is 0 Å². The lowest BCUT2D eigenvalue weighted by Crippen LogP contribution is -2.57. The minimum atomic E-state index is -1.63. The summed E-state index contributed by atoms with van der Waals surface area (Å²) in [5.74, 6) is -4.66. The van der Waals surface area contributed by atoms with E-state index < -0.39 is 41.9 Å². The molecule has 1 fully saturated rings. The average Bonchev–Trinajstić information content (AvgIpc) is 2.37. The molecular formula is C11H14N3O6-. The van der Waals surface area contributed by atoms with Crippen LogP contribution in [0.15, 0.2) is 4.99 Å². The topological polar surface area (TPSA) is 130 Å². The lowest BCUT2D eigenvalue weighted by Gasteiger charge is -2.31. The number of aliphatic hydroxyl groups excluding tert-OH is 1. The molecule has 4 amide bonds. The van der Waals surface area contributed by atoms with Gasteiger partial charge in [0.1, 0.15) is 6.04 Å². The van der Waals surface area contributed by atoms with Crippen molar-refractivity contribution in [2.75, 3.05) is 14.1 Å². The molecule has 1 N–H and O–H groups in total. The highest BCUT2D eigenvalue weighted by molar-refractivity contribution is 6.23. The maximum absolute atomic E-state index is 11.8. The van der Waals surface area contributed by atoms with E-state index in [9.17, 15) is 29.4 Å². The number of urea groups is 1. The van der Waals surface area contributed by atoms with E-state index in [1.807, 2.05) is 0 Å². The number of hydrogen-bond acceptors (Lipinski definition) is 7. The van der Waals surface area contributed by atoms with Crippen LogP contribution in [0.2, 0.25) is 0 Å². The van der Waals surface area contributed by atoms with Gasteiger partial charge in [-0.15, -0.1) is 0 Å². The van der Waals surface area contributed by atoms with Crippen LogP contribution in [0.1, 0.15) is 6.92 Å². The zero-order valence-corrected chi connectivity index (χ0v) is 11.1. The Morgan fingerprint density at radius 1 is 1.30 bits per heavy atom. The average molecular weight is 284 g/mol. The van der Waals surface area contributed by atoms with Crippen molar-refractivity contribution in [1.82, 2.24) is 9.80 Å². The van der Waals surface area contributed by atoms with Gasteiger partial charge in [0.15, 0.2) is 5.92 Å². The predicted octanol–water partition coefficient (Wildman–Crippen LogP) is -2.78. The molecule has 20 heavy (non-hydrogen) atoms. The number of imide groups is 2. The first-order chi connectivity index (χ1) is 9.18. The first-order valence-corrected chi connectivity index (χ1v) is 5.69. The number of carboxylic acid groups (broad SMARTS) is 1. The molecule has 9 nitrogen and oxygen atoms in total. The molecule has 0 saturated carbocycles. The van der Waals surface area contributed by atoms with E-state index in [2.05, 4.69) is 4.99 Å². The molecule has 0 bridgehead atoms. The third kappa shape index (κ3) is 2.82. The lowest BCUT2D eigenvalue weighted by molar-refractivity contribution is -0.309. The molecule has 0 aromatic carbocycles. The van der Waals surface area contributed by atoms with Crippen LogP contribution in [0.25, 0.3) is 0 Å². The molecule has 0 spiro atoms. The standard InChI is InChI=1S/C11H15N3O6/c1-5(15)7(10(18)19)12-4-6-8(16)13(2)11(20)14(3)9(6)17/h4-7,15H,1-3H3,(H,18,19)/p-1/t5-,7-/m0/s1. The van der Waals surface area contributed by atoms with Crippen LogP contribution >= 0.6 is 0 Å². The highest BCUT2D eigenvalue weighted by Gasteiger charge is 2.41. The number of aliphatic imine (C=N–C) groups is 1. The SMILES string of the molecule is C[C@H](O)[C@H](N=CC1C(=O)N(C)C(=O)N(C)C1=O)C(=O)[O-]. The summed E-state index contributed by atoms with van der Waals surface area (Å²) in [5, 5.41) is 19.9. The molecule has 1 heterocycles. The minimum Gasteiger partial charge on any atom is -0.548 e. The van der Waals surface area contributed by atoms with Crippen molar-refractivity contribution < 1.29 is 29.4 Å². The normalized spacial score (nSPS) is 20.7. The molecule has 1 aliphatic rings. The zero-order valence-electron chi connectivity index (χ0n) is 11.1. The van der Waals surface area contributed by atoms with E-state index in [0.29, 0.717) is 0 Å². The van der Waals surface area contributed by atoms with E-state index in [4.69, 9.17) is 0 Å². The Morgan fingerprint density at radius 3 is 2.10 bits per heavy atom. The van der Waals surface area contributed by atoms with Crippen LogP contribution in [0.3, 0.4) is 0 Å². The summed E-state index contributed by atoms with van der Waals surface area (Å²) in [6, 6.07) is -2.37. The van der Waals surface area contributed by atoms with Gasteiger partial charge in [-0.05, 0) is 6.92 Å². The molecule has 110 valence electrons. The van der Waals surface area contributed by atoms with Crippen LogP contribution in [0, 0.1) is 5.92 Å². The summed E-state index contributed by atoms with van der Waals surface area (Å²) in [5.41, 5.74) is 0. The van der Waals surface area contributed by atoms with Crippen molar-refractivity contribution in [3.63, 3.8) is 0 Å². The van der Waals surface area contributed by atoms with Gasteiger partial charge in [-0.25, -0.2) is 4.79 Å². The number of aliphatic carboxylic acids is 1. The molecule has 1 aliphatic heterocycles. The number of carbonyl (C=O) groups is 4. The Hall–Kier alpha value is -2.29. The summed E-state index contributed by atoms with van der Waals surface area (Å²) in [6.45, 7) is 1.18. The van der Waals surface area contributed by atoms with Gasteiger partial charge in [-0.3, -0.25) is 24.4 Å². The Kier molecular flexibility index (Phi) is 4.56. The van der Waals surface area contributed by atoms with Gasteiger partial charge >= 0.3 is 6.03 Å². The van der Waals surface area contributed by atoms with Crippen LogP contribution in [-0.2, 0) is 14.4 Å². The summed E-state index contributed by atoms with van der Waals surface area (Å²) >= 11 is 0. The molecule has 0 aromatic rings. The number of rotatable bonds is 4. The number of amides is 4. The van der Waals surface area contributed by atoms with Crippen molar-refractivity contribution in [2.24, 2.45) is 10.9 Å². The van der Waals surface area contributed by atoms with E-state index in [-0.39, 0.29) is 0 Å². The Balaban J connectivity index is 3.00. The third-order valence-electron chi connectivity index (χ3n) is 2.86. The highest BCUT2D eigenvalue weighted by atomic mass is 16.4. The summed E-state index contributed by atoms with van der Waals surface area (Å²) in [7, 11) is 2.39.